The van der Waals surface area contributed by atoms with Crippen LogP contribution in [0.25, 0.3) is 0 Å². The first kappa shape index (κ1) is 23.0. The highest BCUT2D eigenvalue weighted by Gasteiger charge is 2.30. The number of aliphatic hydroxyl groups is 1. The van der Waals surface area contributed by atoms with Gasteiger partial charge in [0, 0.05) is 61.0 Å². The Morgan fingerprint density at radius 2 is 2.00 bits per heavy atom. The van der Waals surface area contributed by atoms with Crippen LogP contribution in [0.5, 0.6) is 0 Å². The van der Waals surface area contributed by atoms with Crippen LogP contribution in [0, 0.1) is 12.9 Å². The maximum Gasteiger partial charge on any atom is 0.253 e. The molecule has 1 fully saturated rings. The fourth-order valence-electron chi connectivity index (χ4n) is 4.38. The smallest absolute Gasteiger partial charge is 0.253 e. The number of carbonyl (C=O) groups excluding carboxylic acids is 1. The number of pyridine rings is 2. The van der Waals surface area contributed by atoms with E-state index >= 15 is 0 Å². The summed E-state index contributed by atoms with van der Waals surface area (Å²) in [6.07, 6.45) is 7.02. The van der Waals surface area contributed by atoms with Crippen molar-refractivity contribution in [2.24, 2.45) is 0 Å². The first-order chi connectivity index (χ1) is 15.9. The molecule has 6 nitrogen and oxygen atoms in total. The Balaban J connectivity index is 1.31. The molecule has 0 saturated carbocycles. The van der Waals surface area contributed by atoms with E-state index in [-0.39, 0.29) is 18.0 Å². The van der Waals surface area contributed by atoms with Crippen LogP contribution < -0.4 is 5.32 Å². The van der Waals surface area contributed by atoms with E-state index in [0.717, 1.165) is 36.0 Å². The van der Waals surface area contributed by atoms with Crippen molar-refractivity contribution in [3.8, 4) is 0 Å². The molecule has 0 aliphatic carbocycles. The largest absolute Gasteiger partial charge is 0.387 e. The normalized spacial score (nSPS) is 18.8. The number of rotatable bonds is 7. The van der Waals surface area contributed by atoms with E-state index in [4.69, 9.17) is 0 Å². The van der Waals surface area contributed by atoms with Gasteiger partial charge in [-0.15, -0.1) is 0 Å². The van der Waals surface area contributed by atoms with Crippen LogP contribution in [-0.2, 0) is 13.0 Å². The van der Waals surface area contributed by atoms with Crippen LogP contribution in [0.4, 0.5) is 4.39 Å². The Labute approximate surface area is 193 Å². The average Bonchev–Trinajstić information content (AvgIpc) is 3.30. The second-order valence-corrected chi connectivity index (χ2v) is 8.79. The van der Waals surface area contributed by atoms with E-state index in [1.807, 2.05) is 36.4 Å². The first-order valence-corrected chi connectivity index (χ1v) is 11.2. The summed E-state index contributed by atoms with van der Waals surface area (Å²) in [5.41, 5.74) is 3.83. The number of hydrogen-bond donors (Lipinski definition) is 2. The van der Waals surface area contributed by atoms with Crippen molar-refractivity contribution in [1.29, 1.82) is 0 Å². The molecule has 172 valence electrons. The van der Waals surface area contributed by atoms with Crippen LogP contribution in [0.2, 0.25) is 0 Å². The Morgan fingerprint density at radius 3 is 2.70 bits per heavy atom. The summed E-state index contributed by atoms with van der Waals surface area (Å²) in [6.45, 7) is 2.02. The molecular formula is C26H29FN4O2. The molecule has 3 heterocycles. The number of aromatic nitrogens is 2. The molecule has 3 aromatic rings. The van der Waals surface area contributed by atoms with Gasteiger partial charge in [-0.25, -0.2) is 4.98 Å². The summed E-state index contributed by atoms with van der Waals surface area (Å²) >= 11 is 0. The second-order valence-electron chi connectivity index (χ2n) is 8.79. The zero-order chi connectivity index (χ0) is 23.4. The van der Waals surface area contributed by atoms with Crippen LogP contribution in [0.15, 0.2) is 61.1 Å². The summed E-state index contributed by atoms with van der Waals surface area (Å²) in [5, 5.41) is 14.2. The standard InChI is InChI=1S/C26H29FN4O2/c1-17-12-19(14-29-25(17)27)16-31(2)26(33)20-7-5-18(6-8-20)13-22-9-10-23(30-22)24(32)21-4-3-11-28-15-21/h3-8,11-12,14-15,22-24,30,32H,9-10,13,16H2,1-2H3/t22-,23+,24+/m0/s1. The van der Waals surface area contributed by atoms with Crippen molar-refractivity contribution in [2.75, 3.05) is 7.05 Å². The fraction of sp³-hybridized carbons (Fsp3) is 0.346. The van der Waals surface area contributed by atoms with Gasteiger partial charge in [0.2, 0.25) is 5.95 Å². The van der Waals surface area contributed by atoms with Gasteiger partial charge in [-0.1, -0.05) is 18.2 Å². The van der Waals surface area contributed by atoms with Gasteiger partial charge in [0.25, 0.3) is 5.91 Å². The molecule has 3 atom stereocenters. The highest BCUT2D eigenvalue weighted by molar-refractivity contribution is 5.94. The Bertz CT molecular complexity index is 1090. The molecule has 33 heavy (non-hydrogen) atoms. The molecule has 1 aliphatic heterocycles. The molecule has 0 unspecified atom stereocenters. The van der Waals surface area contributed by atoms with Gasteiger partial charge >= 0.3 is 0 Å². The highest BCUT2D eigenvalue weighted by atomic mass is 19.1. The third kappa shape index (κ3) is 5.61. The van der Waals surface area contributed by atoms with Crippen molar-refractivity contribution < 1.29 is 14.3 Å². The fourth-order valence-corrected chi connectivity index (χ4v) is 4.38. The molecule has 0 bridgehead atoms. The summed E-state index contributed by atoms with van der Waals surface area (Å²) in [6, 6.07) is 13.4. The zero-order valence-electron chi connectivity index (χ0n) is 18.9. The second kappa shape index (κ2) is 10.2. The van der Waals surface area contributed by atoms with E-state index in [2.05, 4.69) is 15.3 Å². The van der Waals surface area contributed by atoms with Crippen LogP contribution in [-0.4, -0.2) is 45.0 Å². The van der Waals surface area contributed by atoms with Gasteiger partial charge < -0.3 is 15.3 Å². The molecule has 1 aliphatic rings. The maximum atomic E-state index is 13.4. The molecule has 7 heteroatoms. The lowest BCUT2D eigenvalue weighted by atomic mass is 10.0. The Hall–Kier alpha value is -3.16. The monoisotopic (exact) mass is 448 g/mol. The summed E-state index contributed by atoms with van der Waals surface area (Å²) < 4.78 is 13.4. The maximum absolute atomic E-state index is 13.4. The molecule has 4 rings (SSSR count). The van der Waals surface area contributed by atoms with Crippen LogP contribution >= 0.6 is 0 Å². The van der Waals surface area contributed by atoms with Crippen molar-refractivity contribution >= 4 is 5.91 Å². The molecule has 2 N–H and O–H groups in total. The van der Waals surface area contributed by atoms with Crippen LogP contribution in [0.3, 0.4) is 0 Å². The van der Waals surface area contributed by atoms with Gasteiger partial charge in [-0.05, 0) is 61.6 Å². The number of benzene rings is 1. The lowest BCUT2D eigenvalue weighted by Gasteiger charge is -2.20. The lowest BCUT2D eigenvalue weighted by Crippen LogP contribution is -2.35. The van der Waals surface area contributed by atoms with Gasteiger partial charge in [0.15, 0.2) is 0 Å². The van der Waals surface area contributed by atoms with E-state index in [1.54, 1.807) is 37.3 Å². The third-order valence-electron chi connectivity index (χ3n) is 6.20. The number of hydrogen-bond acceptors (Lipinski definition) is 5. The van der Waals surface area contributed by atoms with Gasteiger partial charge in [-0.2, -0.15) is 4.39 Å². The Morgan fingerprint density at radius 1 is 1.21 bits per heavy atom. The Kier molecular flexibility index (Phi) is 7.11. The third-order valence-corrected chi connectivity index (χ3v) is 6.20. The minimum absolute atomic E-state index is 0.0123. The van der Waals surface area contributed by atoms with Gasteiger partial charge in [0.05, 0.1) is 6.10 Å². The van der Waals surface area contributed by atoms with Crippen LogP contribution in [0.1, 0.15) is 51.6 Å². The molecule has 1 aromatic carbocycles. The summed E-state index contributed by atoms with van der Waals surface area (Å²) in [7, 11) is 1.73. The van der Waals surface area contributed by atoms with Crippen molar-refractivity contribution in [1.82, 2.24) is 20.2 Å². The SMILES string of the molecule is Cc1cc(CN(C)C(=O)c2ccc(C[C@@H]3CC[C@H]([C@H](O)c4cccnc4)N3)cc2)cnc1F. The zero-order valence-corrected chi connectivity index (χ0v) is 18.9. The summed E-state index contributed by atoms with van der Waals surface area (Å²) in [5.74, 6) is -0.583. The number of halogens is 1. The van der Waals surface area contributed by atoms with Crippen molar-refractivity contribution in [2.45, 2.75) is 50.9 Å². The molecule has 1 amide bonds. The van der Waals surface area contributed by atoms with E-state index in [0.29, 0.717) is 17.7 Å². The molecule has 2 aromatic heterocycles. The highest BCUT2D eigenvalue weighted by Crippen LogP contribution is 2.26. The molecule has 0 radical (unpaired) electrons. The number of nitrogens with zero attached hydrogens (tertiary/aromatic N) is 3. The number of nitrogens with one attached hydrogen (secondary N) is 1. The minimum Gasteiger partial charge on any atom is -0.387 e. The van der Waals surface area contributed by atoms with Crippen molar-refractivity contribution in [3.05, 3.63) is 94.8 Å². The van der Waals surface area contributed by atoms with E-state index in [1.165, 1.54) is 6.20 Å². The number of carbonyl (C=O) groups is 1. The predicted molar refractivity (Wildman–Crippen MR) is 124 cm³/mol. The van der Waals surface area contributed by atoms with Gasteiger partial charge in [0.1, 0.15) is 0 Å². The predicted octanol–water partition coefficient (Wildman–Crippen LogP) is 3.59. The average molecular weight is 449 g/mol. The van der Waals surface area contributed by atoms with E-state index in [9.17, 15) is 14.3 Å². The minimum atomic E-state index is -0.570. The van der Waals surface area contributed by atoms with Crippen molar-refractivity contribution in [3.63, 3.8) is 0 Å². The number of aryl methyl sites for hydroxylation is 1. The molecular weight excluding hydrogens is 419 g/mol. The van der Waals surface area contributed by atoms with Gasteiger partial charge in [-0.3, -0.25) is 9.78 Å². The quantitative estimate of drug-likeness (QED) is 0.540. The van der Waals surface area contributed by atoms with E-state index < -0.39 is 12.1 Å². The molecule has 1 saturated heterocycles. The first-order valence-electron chi connectivity index (χ1n) is 11.2. The number of amides is 1. The topological polar surface area (TPSA) is 78.4 Å². The summed E-state index contributed by atoms with van der Waals surface area (Å²) in [4.78, 5) is 22.2. The molecule has 0 spiro atoms. The lowest BCUT2D eigenvalue weighted by molar-refractivity contribution is 0.0785. The number of aliphatic hydroxyl groups excluding tert-OH is 1.